The van der Waals surface area contributed by atoms with E-state index in [0.29, 0.717) is 12.2 Å². The van der Waals surface area contributed by atoms with E-state index in [4.69, 9.17) is 0 Å². The standard InChI is InChI=1S/C10H14F3N3/c1-4-14-9-15-7(6(2)3)5-8(16-9)10(11,12)13/h5-6H,4H2,1-3H3,(H,14,15,16). The van der Waals surface area contributed by atoms with Crippen LogP contribution in [0.5, 0.6) is 0 Å². The van der Waals surface area contributed by atoms with Crippen molar-refractivity contribution < 1.29 is 13.2 Å². The minimum atomic E-state index is -4.43. The van der Waals surface area contributed by atoms with Crippen LogP contribution in [0, 0.1) is 0 Å². The van der Waals surface area contributed by atoms with Gasteiger partial charge in [-0.25, -0.2) is 9.97 Å². The van der Waals surface area contributed by atoms with Crippen molar-refractivity contribution in [2.75, 3.05) is 11.9 Å². The molecule has 0 fully saturated rings. The normalized spacial score (nSPS) is 11.9. The van der Waals surface area contributed by atoms with Crippen LogP contribution in [0.1, 0.15) is 38.1 Å². The van der Waals surface area contributed by atoms with Crippen LogP contribution >= 0.6 is 0 Å². The van der Waals surface area contributed by atoms with Crippen molar-refractivity contribution in [1.29, 1.82) is 0 Å². The summed E-state index contributed by atoms with van der Waals surface area (Å²) in [6, 6.07) is 0.992. The van der Waals surface area contributed by atoms with Gasteiger partial charge in [-0.1, -0.05) is 13.8 Å². The molecule has 0 spiro atoms. The van der Waals surface area contributed by atoms with Gasteiger partial charge in [-0.05, 0) is 18.9 Å². The Morgan fingerprint density at radius 1 is 1.31 bits per heavy atom. The topological polar surface area (TPSA) is 37.8 Å². The molecule has 0 radical (unpaired) electrons. The van der Waals surface area contributed by atoms with Crippen LogP contribution in [-0.2, 0) is 6.18 Å². The third kappa shape index (κ3) is 3.08. The number of anilines is 1. The summed E-state index contributed by atoms with van der Waals surface area (Å²) in [4.78, 5) is 7.44. The van der Waals surface area contributed by atoms with E-state index in [-0.39, 0.29) is 11.9 Å². The highest BCUT2D eigenvalue weighted by Gasteiger charge is 2.33. The molecule has 1 rings (SSSR count). The molecule has 0 aliphatic rings. The van der Waals surface area contributed by atoms with Crippen molar-refractivity contribution in [3.05, 3.63) is 17.5 Å². The maximum absolute atomic E-state index is 12.5. The van der Waals surface area contributed by atoms with E-state index < -0.39 is 11.9 Å². The maximum atomic E-state index is 12.5. The minimum absolute atomic E-state index is 0.0287. The first kappa shape index (κ1) is 12.7. The molecular formula is C10H14F3N3. The zero-order valence-electron chi connectivity index (χ0n) is 9.39. The number of nitrogens with zero attached hydrogens (tertiary/aromatic N) is 2. The molecule has 3 nitrogen and oxygen atoms in total. The lowest BCUT2D eigenvalue weighted by molar-refractivity contribution is -0.141. The van der Waals surface area contributed by atoms with Crippen molar-refractivity contribution in [3.8, 4) is 0 Å². The Bertz CT molecular complexity index is 361. The lowest BCUT2D eigenvalue weighted by atomic mass is 10.1. The second kappa shape index (κ2) is 4.67. The van der Waals surface area contributed by atoms with Gasteiger partial charge < -0.3 is 5.32 Å². The van der Waals surface area contributed by atoms with Gasteiger partial charge in [0.15, 0.2) is 0 Å². The number of hydrogen-bond donors (Lipinski definition) is 1. The molecular weight excluding hydrogens is 219 g/mol. The average molecular weight is 233 g/mol. The third-order valence-electron chi connectivity index (χ3n) is 1.96. The summed E-state index contributed by atoms with van der Waals surface area (Å²) in [5, 5.41) is 2.69. The number of hydrogen-bond acceptors (Lipinski definition) is 3. The van der Waals surface area contributed by atoms with Crippen LogP contribution in [0.3, 0.4) is 0 Å². The molecule has 16 heavy (non-hydrogen) atoms. The first-order chi connectivity index (χ1) is 7.34. The van der Waals surface area contributed by atoms with Gasteiger partial charge in [0, 0.05) is 12.2 Å². The second-order valence-electron chi connectivity index (χ2n) is 3.68. The molecule has 0 saturated carbocycles. The van der Waals surface area contributed by atoms with E-state index in [1.165, 1.54) is 0 Å². The predicted molar refractivity (Wildman–Crippen MR) is 55.3 cm³/mol. The van der Waals surface area contributed by atoms with E-state index in [1.807, 2.05) is 0 Å². The van der Waals surface area contributed by atoms with Crippen molar-refractivity contribution in [2.45, 2.75) is 32.9 Å². The molecule has 1 heterocycles. The first-order valence-electron chi connectivity index (χ1n) is 5.04. The molecule has 0 aromatic carbocycles. The number of rotatable bonds is 3. The summed E-state index contributed by atoms with van der Waals surface area (Å²) in [6.07, 6.45) is -4.43. The van der Waals surface area contributed by atoms with Gasteiger partial charge in [-0.3, -0.25) is 0 Å². The number of alkyl halides is 3. The van der Waals surface area contributed by atoms with Crippen molar-refractivity contribution in [3.63, 3.8) is 0 Å². The van der Waals surface area contributed by atoms with Gasteiger partial charge in [0.2, 0.25) is 5.95 Å². The number of nitrogens with one attached hydrogen (secondary N) is 1. The summed E-state index contributed by atoms with van der Waals surface area (Å²) in [5.41, 5.74) is -0.513. The van der Waals surface area contributed by atoms with Crippen molar-refractivity contribution in [1.82, 2.24) is 9.97 Å². The van der Waals surface area contributed by atoms with Crippen LogP contribution in [0.4, 0.5) is 19.1 Å². The first-order valence-corrected chi connectivity index (χ1v) is 5.04. The SMILES string of the molecule is CCNc1nc(C(C)C)cc(C(F)(F)F)n1. The Morgan fingerprint density at radius 3 is 2.38 bits per heavy atom. The Hall–Kier alpha value is -1.33. The quantitative estimate of drug-likeness (QED) is 0.871. The predicted octanol–water partition coefficient (Wildman–Crippen LogP) is 3.05. The van der Waals surface area contributed by atoms with Crippen LogP contribution in [0.25, 0.3) is 0 Å². The smallest absolute Gasteiger partial charge is 0.354 e. The summed E-state index contributed by atoms with van der Waals surface area (Å²) in [5.74, 6) is -0.0393. The van der Waals surface area contributed by atoms with E-state index in [9.17, 15) is 13.2 Å². The molecule has 0 atom stereocenters. The third-order valence-corrected chi connectivity index (χ3v) is 1.96. The van der Waals surface area contributed by atoms with E-state index in [0.717, 1.165) is 6.07 Å². The lowest BCUT2D eigenvalue weighted by Gasteiger charge is -2.12. The molecule has 1 N–H and O–H groups in total. The van der Waals surface area contributed by atoms with Crippen LogP contribution < -0.4 is 5.32 Å². The van der Waals surface area contributed by atoms with Crippen LogP contribution in [0.15, 0.2) is 6.07 Å². The summed E-state index contributed by atoms with van der Waals surface area (Å²) in [6.45, 7) is 5.84. The molecule has 0 bridgehead atoms. The van der Waals surface area contributed by atoms with Gasteiger partial charge in [0.1, 0.15) is 5.69 Å². The minimum Gasteiger partial charge on any atom is -0.354 e. The molecule has 0 amide bonds. The second-order valence-corrected chi connectivity index (χ2v) is 3.68. The molecule has 90 valence electrons. The van der Waals surface area contributed by atoms with Gasteiger partial charge in [-0.2, -0.15) is 13.2 Å². The van der Waals surface area contributed by atoms with Crippen molar-refractivity contribution >= 4 is 5.95 Å². The molecule has 0 aliphatic heterocycles. The van der Waals surface area contributed by atoms with E-state index in [1.54, 1.807) is 20.8 Å². The number of halogens is 3. The Labute approximate surface area is 92.1 Å². The highest BCUT2D eigenvalue weighted by Crippen LogP contribution is 2.29. The summed E-state index contributed by atoms with van der Waals surface area (Å²) < 4.78 is 37.6. The number of aromatic nitrogens is 2. The van der Waals surface area contributed by atoms with Crippen LogP contribution in [0.2, 0.25) is 0 Å². The Morgan fingerprint density at radius 2 is 1.94 bits per heavy atom. The fourth-order valence-electron chi connectivity index (χ4n) is 1.14. The fourth-order valence-corrected chi connectivity index (χ4v) is 1.14. The highest BCUT2D eigenvalue weighted by molar-refractivity contribution is 5.30. The van der Waals surface area contributed by atoms with E-state index in [2.05, 4.69) is 15.3 Å². The van der Waals surface area contributed by atoms with Gasteiger partial charge in [-0.15, -0.1) is 0 Å². The molecule has 6 heteroatoms. The highest BCUT2D eigenvalue weighted by atomic mass is 19.4. The molecule has 0 unspecified atom stereocenters. The molecule has 1 aromatic heterocycles. The zero-order valence-corrected chi connectivity index (χ0v) is 9.39. The molecule has 0 aliphatic carbocycles. The molecule has 0 saturated heterocycles. The average Bonchev–Trinajstić information content (AvgIpc) is 2.16. The largest absolute Gasteiger partial charge is 0.433 e. The lowest BCUT2D eigenvalue weighted by Crippen LogP contribution is -2.13. The van der Waals surface area contributed by atoms with Gasteiger partial charge >= 0.3 is 6.18 Å². The Kier molecular flexibility index (Phi) is 3.72. The van der Waals surface area contributed by atoms with Gasteiger partial charge in [0.05, 0.1) is 0 Å². The zero-order chi connectivity index (χ0) is 12.3. The fraction of sp³-hybridized carbons (Fsp3) is 0.600. The monoisotopic (exact) mass is 233 g/mol. The summed E-state index contributed by atoms with van der Waals surface area (Å²) in [7, 11) is 0. The molecule has 1 aromatic rings. The van der Waals surface area contributed by atoms with E-state index >= 15 is 0 Å². The Balaban J connectivity index is 3.19. The summed E-state index contributed by atoms with van der Waals surface area (Å²) >= 11 is 0. The maximum Gasteiger partial charge on any atom is 0.433 e. The van der Waals surface area contributed by atoms with Crippen molar-refractivity contribution in [2.24, 2.45) is 0 Å². The van der Waals surface area contributed by atoms with Crippen LogP contribution in [-0.4, -0.2) is 16.5 Å². The van der Waals surface area contributed by atoms with Gasteiger partial charge in [0.25, 0.3) is 0 Å².